The highest BCUT2D eigenvalue weighted by Gasteiger charge is 2.16. The van der Waals surface area contributed by atoms with Crippen molar-refractivity contribution in [3.8, 4) is 0 Å². The Hall–Kier alpha value is -1.16. The molecule has 0 aliphatic carbocycles. The van der Waals surface area contributed by atoms with E-state index in [1.54, 1.807) is 0 Å². The van der Waals surface area contributed by atoms with E-state index in [9.17, 15) is 0 Å². The number of nitrogens with one attached hydrogen (secondary N) is 1. The van der Waals surface area contributed by atoms with Gasteiger partial charge in [-0.1, -0.05) is 42.5 Å². The van der Waals surface area contributed by atoms with Gasteiger partial charge in [0.2, 0.25) is 0 Å². The first-order valence-corrected chi connectivity index (χ1v) is 5.55. The van der Waals surface area contributed by atoms with Crippen LogP contribution in [0.25, 0.3) is 0 Å². The van der Waals surface area contributed by atoms with Crippen LogP contribution in [0.1, 0.15) is 5.56 Å². The first-order valence-electron chi connectivity index (χ1n) is 5.55. The third-order valence-electron chi connectivity index (χ3n) is 2.61. The molecule has 1 aliphatic rings. The second-order valence-electron chi connectivity index (χ2n) is 3.95. The molecule has 0 radical (unpaired) electrons. The number of hydrogen-bond donors (Lipinski definition) is 2. The molecule has 1 aromatic rings. The summed E-state index contributed by atoms with van der Waals surface area (Å²) in [6.45, 7) is 1.42. The molecule has 1 aliphatic heterocycles. The van der Waals surface area contributed by atoms with Gasteiger partial charge in [-0.25, -0.2) is 0 Å². The summed E-state index contributed by atoms with van der Waals surface area (Å²) in [5, 5.41) is 12.2. The largest absolute Gasteiger partial charge is 0.394 e. The Kier molecular flexibility index (Phi) is 4.10. The molecule has 86 valence electrons. The van der Waals surface area contributed by atoms with Gasteiger partial charge in [-0.15, -0.1) is 0 Å². The standard InChI is InChI=1S/C13H17NO2/c15-8-12-6-7-13(14-12)10-16-9-11-4-2-1-3-5-11/h1-7,12-15H,8-10H2. The van der Waals surface area contributed by atoms with Crippen molar-refractivity contribution < 1.29 is 9.84 Å². The Balaban J connectivity index is 1.68. The SMILES string of the molecule is OCC1C=CC(COCc2ccccc2)N1. The van der Waals surface area contributed by atoms with E-state index in [2.05, 4.69) is 17.4 Å². The van der Waals surface area contributed by atoms with Crippen molar-refractivity contribution in [1.82, 2.24) is 5.32 Å². The number of aliphatic hydroxyl groups is 1. The zero-order chi connectivity index (χ0) is 11.2. The van der Waals surface area contributed by atoms with E-state index in [1.165, 1.54) is 5.56 Å². The Morgan fingerprint density at radius 2 is 1.88 bits per heavy atom. The fourth-order valence-corrected chi connectivity index (χ4v) is 1.75. The maximum atomic E-state index is 8.93. The van der Waals surface area contributed by atoms with E-state index >= 15 is 0 Å². The Bertz CT molecular complexity index is 337. The maximum absolute atomic E-state index is 8.93. The minimum absolute atomic E-state index is 0.0883. The van der Waals surface area contributed by atoms with Gasteiger partial charge >= 0.3 is 0 Å². The molecule has 0 fully saturated rings. The average Bonchev–Trinajstić information content (AvgIpc) is 2.78. The van der Waals surface area contributed by atoms with Crippen LogP contribution in [0.5, 0.6) is 0 Å². The molecular formula is C13H17NO2. The maximum Gasteiger partial charge on any atom is 0.0717 e. The predicted octanol–water partition coefficient (Wildman–Crippen LogP) is 1.09. The summed E-state index contributed by atoms with van der Waals surface area (Å²) in [5.41, 5.74) is 1.18. The van der Waals surface area contributed by atoms with Gasteiger partial charge in [0, 0.05) is 12.1 Å². The topological polar surface area (TPSA) is 41.5 Å². The molecular weight excluding hydrogens is 202 g/mol. The quantitative estimate of drug-likeness (QED) is 0.728. The number of aliphatic hydroxyl groups excluding tert-OH is 1. The molecule has 0 spiro atoms. The second-order valence-corrected chi connectivity index (χ2v) is 3.95. The summed E-state index contributed by atoms with van der Waals surface area (Å²) in [5.74, 6) is 0. The first kappa shape index (κ1) is 11.3. The molecule has 2 N–H and O–H groups in total. The average molecular weight is 219 g/mol. The molecule has 1 aromatic carbocycles. The van der Waals surface area contributed by atoms with E-state index in [0.29, 0.717) is 13.2 Å². The molecule has 3 heteroatoms. The van der Waals surface area contributed by atoms with Gasteiger partial charge in [-0.05, 0) is 5.56 Å². The van der Waals surface area contributed by atoms with Crippen LogP contribution in [0, 0.1) is 0 Å². The van der Waals surface area contributed by atoms with Gasteiger partial charge < -0.3 is 15.2 Å². The van der Waals surface area contributed by atoms with Crippen LogP contribution in [0.4, 0.5) is 0 Å². The summed E-state index contributed by atoms with van der Waals surface area (Å²) in [4.78, 5) is 0. The predicted molar refractivity (Wildman–Crippen MR) is 63.0 cm³/mol. The lowest BCUT2D eigenvalue weighted by Gasteiger charge is -2.13. The smallest absolute Gasteiger partial charge is 0.0717 e. The Morgan fingerprint density at radius 1 is 1.12 bits per heavy atom. The second kappa shape index (κ2) is 5.80. The zero-order valence-electron chi connectivity index (χ0n) is 9.17. The van der Waals surface area contributed by atoms with Gasteiger partial charge in [0.05, 0.1) is 19.8 Å². The van der Waals surface area contributed by atoms with Gasteiger partial charge in [-0.3, -0.25) is 0 Å². The van der Waals surface area contributed by atoms with E-state index in [4.69, 9.17) is 9.84 Å². The van der Waals surface area contributed by atoms with Crippen LogP contribution < -0.4 is 5.32 Å². The molecule has 0 saturated heterocycles. The number of ether oxygens (including phenoxy) is 1. The van der Waals surface area contributed by atoms with Crippen molar-refractivity contribution in [3.05, 3.63) is 48.0 Å². The normalized spacial score (nSPS) is 23.8. The number of hydrogen-bond acceptors (Lipinski definition) is 3. The lowest BCUT2D eigenvalue weighted by Crippen LogP contribution is -2.35. The highest BCUT2D eigenvalue weighted by Crippen LogP contribution is 2.05. The van der Waals surface area contributed by atoms with Crippen LogP contribution in [0.2, 0.25) is 0 Å². The van der Waals surface area contributed by atoms with Crippen molar-refractivity contribution in [3.63, 3.8) is 0 Å². The van der Waals surface area contributed by atoms with E-state index in [-0.39, 0.29) is 18.7 Å². The zero-order valence-corrected chi connectivity index (χ0v) is 9.17. The fraction of sp³-hybridized carbons (Fsp3) is 0.385. The molecule has 3 nitrogen and oxygen atoms in total. The highest BCUT2D eigenvalue weighted by atomic mass is 16.5. The lowest BCUT2D eigenvalue weighted by atomic mass is 10.2. The minimum atomic E-state index is 0.0883. The van der Waals surface area contributed by atoms with Crippen LogP contribution in [-0.4, -0.2) is 30.4 Å². The molecule has 1 heterocycles. The third kappa shape index (κ3) is 3.17. The Morgan fingerprint density at radius 3 is 2.56 bits per heavy atom. The minimum Gasteiger partial charge on any atom is -0.394 e. The third-order valence-corrected chi connectivity index (χ3v) is 2.61. The van der Waals surface area contributed by atoms with Crippen LogP contribution >= 0.6 is 0 Å². The van der Waals surface area contributed by atoms with E-state index in [1.807, 2.05) is 30.4 Å². The van der Waals surface area contributed by atoms with Gasteiger partial charge in [-0.2, -0.15) is 0 Å². The van der Waals surface area contributed by atoms with Crippen molar-refractivity contribution in [2.24, 2.45) is 0 Å². The van der Waals surface area contributed by atoms with Gasteiger partial charge in [0.25, 0.3) is 0 Å². The highest BCUT2D eigenvalue weighted by molar-refractivity contribution is 5.13. The molecule has 2 unspecified atom stereocenters. The molecule has 0 saturated carbocycles. The summed E-state index contributed by atoms with van der Waals surface area (Å²) >= 11 is 0. The monoisotopic (exact) mass is 219 g/mol. The molecule has 0 bridgehead atoms. The molecule has 2 rings (SSSR count). The summed E-state index contributed by atoms with van der Waals surface area (Å²) in [6, 6.07) is 10.4. The van der Waals surface area contributed by atoms with Gasteiger partial charge in [0.1, 0.15) is 0 Å². The molecule has 2 atom stereocenters. The van der Waals surface area contributed by atoms with E-state index < -0.39 is 0 Å². The summed E-state index contributed by atoms with van der Waals surface area (Å²) < 4.78 is 5.60. The van der Waals surface area contributed by atoms with Gasteiger partial charge in [0.15, 0.2) is 0 Å². The Labute approximate surface area is 95.7 Å². The van der Waals surface area contributed by atoms with Crippen LogP contribution in [0.3, 0.4) is 0 Å². The summed E-state index contributed by atoms with van der Waals surface area (Å²) in [6.07, 6.45) is 4.03. The van der Waals surface area contributed by atoms with Crippen molar-refractivity contribution in [2.45, 2.75) is 18.7 Å². The molecule has 0 aromatic heterocycles. The van der Waals surface area contributed by atoms with Crippen LogP contribution in [0.15, 0.2) is 42.5 Å². The van der Waals surface area contributed by atoms with Crippen molar-refractivity contribution in [2.75, 3.05) is 13.2 Å². The number of rotatable bonds is 5. The molecule has 0 amide bonds. The first-order chi connectivity index (χ1) is 7.88. The number of benzene rings is 1. The van der Waals surface area contributed by atoms with Crippen LogP contribution in [-0.2, 0) is 11.3 Å². The van der Waals surface area contributed by atoms with E-state index in [0.717, 1.165) is 0 Å². The van der Waals surface area contributed by atoms with Crippen molar-refractivity contribution in [1.29, 1.82) is 0 Å². The molecule has 16 heavy (non-hydrogen) atoms. The lowest BCUT2D eigenvalue weighted by molar-refractivity contribution is 0.107. The summed E-state index contributed by atoms with van der Waals surface area (Å²) in [7, 11) is 0. The fourth-order valence-electron chi connectivity index (χ4n) is 1.75. The van der Waals surface area contributed by atoms with Crippen molar-refractivity contribution >= 4 is 0 Å².